The van der Waals surface area contributed by atoms with Gasteiger partial charge in [0, 0.05) is 38.5 Å². The summed E-state index contributed by atoms with van der Waals surface area (Å²) in [6.45, 7) is 5.38. The van der Waals surface area contributed by atoms with E-state index < -0.39 is 24.0 Å². The van der Waals surface area contributed by atoms with Crippen molar-refractivity contribution >= 4 is 5.91 Å². The predicted octanol–water partition coefficient (Wildman–Crippen LogP) is 4.05. The van der Waals surface area contributed by atoms with Crippen molar-refractivity contribution in [2.45, 2.75) is 46.0 Å². The Hall–Kier alpha value is -4.23. The Bertz CT molecular complexity index is 1570. The lowest BCUT2D eigenvalue weighted by Crippen LogP contribution is -2.30. The molecule has 0 spiro atoms. The summed E-state index contributed by atoms with van der Waals surface area (Å²) in [5.74, 6) is -2.03. The average molecular weight is 584 g/mol. The number of alkyl halides is 2. The van der Waals surface area contributed by atoms with Crippen molar-refractivity contribution in [2.75, 3.05) is 27.3 Å². The summed E-state index contributed by atoms with van der Waals surface area (Å²) >= 11 is 0. The molecule has 1 aliphatic rings. The van der Waals surface area contributed by atoms with Gasteiger partial charge in [0.05, 0.1) is 31.5 Å². The third kappa shape index (κ3) is 6.16. The highest BCUT2D eigenvalue weighted by Gasteiger charge is 2.22. The Morgan fingerprint density at radius 3 is 2.69 bits per heavy atom. The molecule has 42 heavy (non-hydrogen) atoms. The molecule has 3 heterocycles. The smallest absolute Gasteiger partial charge is 0.299 e. The lowest BCUT2D eigenvalue weighted by Gasteiger charge is -2.27. The van der Waals surface area contributed by atoms with Gasteiger partial charge in [-0.3, -0.25) is 14.4 Å². The van der Waals surface area contributed by atoms with E-state index in [0.717, 1.165) is 42.6 Å². The van der Waals surface area contributed by atoms with Crippen molar-refractivity contribution in [1.82, 2.24) is 34.8 Å². The van der Waals surface area contributed by atoms with Gasteiger partial charge in [0.2, 0.25) is 5.82 Å². The predicted molar refractivity (Wildman–Crippen MR) is 147 cm³/mol. The number of nitrogens with zero attached hydrogens (tertiary/aromatic N) is 6. The quantitative estimate of drug-likeness (QED) is 0.285. The first-order valence-electron chi connectivity index (χ1n) is 13.5. The van der Waals surface area contributed by atoms with Gasteiger partial charge < -0.3 is 14.8 Å². The minimum Gasteiger partial charge on any atom is -0.494 e. The second kappa shape index (κ2) is 12.7. The highest BCUT2D eigenvalue weighted by molar-refractivity contribution is 5.95. The van der Waals surface area contributed by atoms with E-state index >= 15 is 4.39 Å². The van der Waals surface area contributed by atoms with Gasteiger partial charge in [0.1, 0.15) is 12.0 Å². The molecule has 0 bridgehead atoms. The molecule has 2 aromatic carbocycles. The summed E-state index contributed by atoms with van der Waals surface area (Å²) in [6.07, 6.45) is 0.833. The van der Waals surface area contributed by atoms with E-state index in [1.54, 1.807) is 10.9 Å². The van der Waals surface area contributed by atoms with Gasteiger partial charge in [-0.2, -0.15) is 5.10 Å². The average Bonchev–Trinajstić information content (AvgIpc) is 3.64. The lowest BCUT2D eigenvalue weighted by molar-refractivity contribution is 0.0945. The van der Waals surface area contributed by atoms with Gasteiger partial charge in [-0.15, -0.1) is 5.10 Å². The molecule has 0 atom stereocenters. The monoisotopic (exact) mass is 583 g/mol. The maximum atomic E-state index is 15.3. The minimum atomic E-state index is -2.89. The number of nitrogens with one attached hydrogen (secondary N) is 1. The standard InChI is InChI=1S/C29H32F3N7O3/c1-4-37-10-9-19-6-5-18(11-20(19)14-37)13-38-15-22(23(35-38)16-41-2)29(40)33-12-21-24(7-8-25(42-3)26(21)30)39-17-34-28(36-39)27(31)32/h5-8,11,15,17,27H,4,9-10,12-14,16H2,1-3H3,(H,33,40). The highest BCUT2D eigenvalue weighted by Crippen LogP contribution is 2.27. The first-order chi connectivity index (χ1) is 20.3. The third-order valence-electron chi connectivity index (χ3n) is 7.30. The number of likely N-dealkylation sites (N-methyl/N-ethyl adjacent to an activating group) is 1. The molecule has 2 aromatic heterocycles. The number of fused-ring (bicyclic) bond motifs is 1. The van der Waals surface area contributed by atoms with Crippen molar-refractivity contribution < 1.29 is 27.4 Å². The van der Waals surface area contributed by atoms with E-state index in [2.05, 4.69) is 50.5 Å². The number of hydrogen-bond donors (Lipinski definition) is 1. The minimum absolute atomic E-state index is 0.00992. The summed E-state index contributed by atoms with van der Waals surface area (Å²) in [7, 11) is 2.81. The molecule has 0 fully saturated rings. The summed E-state index contributed by atoms with van der Waals surface area (Å²) in [5.41, 5.74) is 4.53. The SMILES string of the molecule is CCN1CCc2ccc(Cn3cc(C(=O)NCc4c(-n5cnc(C(F)F)n5)ccc(OC)c4F)c(COC)n3)cc2C1. The van der Waals surface area contributed by atoms with Crippen LogP contribution in [0.2, 0.25) is 0 Å². The van der Waals surface area contributed by atoms with E-state index in [1.807, 2.05) is 0 Å². The molecule has 10 nitrogen and oxygen atoms in total. The Labute approximate surface area is 241 Å². The molecular weight excluding hydrogens is 551 g/mol. The van der Waals surface area contributed by atoms with Crippen LogP contribution in [-0.2, 0) is 37.4 Å². The van der Waals surface area contributed by atoms with Gasteiger partial charge >= 0.3 is 0 Å². The number of carbonyl (C=O) groups excluding carboxylic acids is 1. The molecule has 1 amide bonds. The molecule has 0 saturated heterocycles. The topological polar surface area (TPSA) is 99.3 Å². The van der Waals surface area contributed by atoms with E-state index in [0.29, 0.717) is 12.2 Å². The maximum absolute atomic E-state index is 15.3. The zero-order chi connectivity index (χ0) is 29.8. The van der Waals surface area contributed by atoms with Gasteiger partial charge in [-0.1, -0.05) is 25.1 Å². The molecule has 1 N–H and O–H groups in total. The second-order valence-electron chi connectivity index (χ2n) is 9.95. The largest absolute Gasteiger partial charge is 0.494 e. The number of aromatic nitrogens is 5. The van der Waals surface area contributed by atoms with E-state index in [4.69, 9.17) is 9.47 Å². The fourth-order valence-corrected chi connectivity index (χ4v) is 5.09. The van der Waals surface area contributed by atoms with Gasteiger partial charge in [-0.25, -0.2) is 22.8 Å². The summed E-state index contributed by atoms with van der Waals surface area (Å²) in [6, 6.07) is 9.23. The van der Waals surface area contributed by atoms with Gasteiger partial charge in [0.25, 0.3) is 12.3 Å². The van der Waals surface area contributed by atoms with Gasteiger partial charge in [-0.05, 0) is 41.8 Å². The summed E-state index contributed by atoms with van der Waals surface area (Å²) < 4.78 is 54.6. The second-order valence-corrected chi connectivity index (χ2v) is 9.95. The molecule has 0 aliphatic carbocycles. The third-order valence-corrected chi connectivity index (χ3v) is 7.30. The van der Waals surface area contributed by atoms with Crippen LogP contribution in [0.25, 0.3) is 5.69 Å². The molecule has 222 valence electrons. The van der Waals surface area contributed by atoms with Crippen LogP contribution < -0.4 is 10.1 Å². The number of halogens is 3. The molecule has 13 heteroatoms. The van der Waals surface area contributed by atoms with Crippen molar-refractivity contribution in [3.8, 4) is 11.4 Å². The Balaban J connectivity index is 1.37. The van der Waals surface area contributed by atoms with Crippen molar-refractivity contribution in [3.63, 3.8) is 0 Å². The van der Waals surface area contributed by atoms with Crippen LogP contribution >= 0.6 is 0 Å². The molecule has 4 aromatic rings. The van der Waals surface area contributed by atoms with Crippen molar-refractivity contribution in [3.05, 3.63) is 88.0 Å². The number of rotatable bonds is 11. The summed E-state index contributed by atoms with van der Waals surface area (Å²) in [4.78, 5) is 19.3. The van der Waals surface area contributed by atoms with Crippen LogP contribution in [0.5, 0.6) is 5.75 Å². The fraction of sp³-hybridized carbons (Fsp3) is 0.379. The van der Waals surface area contributed by atoms with Crippen LogP contribution in [0, 0.1) is 5.82 Å². The number of amides is 1. The number of hydrogen-bond acceptors (Lipinski definition) is 7. The number of methoxy groups -OCH3 is 2. The molecule has 1 aliphatic heterocycles. The zero-order valence-corrected chi connectivity index (χ0v) is 23.6. The maximum Gasteiger partial charge on any atom is 0.299 e. The normalized spacial score (nSPS) is 13.4. The lowest BCUT2D eigenvalue weighted by atomic mass is 9.97. The molecule has 0 saturated carbocycles. The molecule has 0 radical (unpaired) electrons. The van der Waals surface area contributed by atoms with Crippen molar-refractivity contribution in [1.29, 1.82) is 0 Å². The van der Waals surface area contributed by atoms with Crippen LogP contribution in [0.15, 0.2) is 42.9 Å². The van der Waals surface area contributed by atoms with E-state index in [1.165, 1.54) is 37.5 Å². The first kappa shape index (κ1) is 29.3. The van der Waals surface area contributed by atoms with Crippen LogP contribution in [-0.4, -0.2) is 62.7 Å². The van der Waals surface area contributed by atoms with E-state index in [9.17, 15) is 13.6 Å². The van der Waals surface area contributed by atoms with E-state index in [-0.39, 0.29) is 35.7 Å². The summed E-state index contributed by atoms with van der Waals surface area (Å²) in [5, 5.41) is 11.0. The fourth-order valence-electron chi connectivity index (χ4n) is 5.09. The molecule has 0 unspecified atom stereocenters. The van der Waals surface area contributed by atoms with Crippen LogP contribution in [0.4, 0.5) is 13.2 Å². The Morgan fingerprint density at radius 2 is 1.98 bits per heavy atom. The molecule has 5 rings (SSSR count). The van der Waals surface area contributed by atoms with Crippen LogP contribution in [0.1, 0.15) is 57.5 Å². The molecular formula is C29H32F3N7O3. The van der Waals surface area contributed by atoms with Gasteiger partial charge in [0.15, 0.2) is 11.6 Å². The zero-order valence-electron chi connectivity index (χ0n) is 23.6. The Morgan fingerprint density at radius 1 is 1.14 bits per heavy atom. The first-order valence-corrected chi connectivity index (χ1v) is 13.5. The number of carbonyl (C=O) groups is 1. The van der Waals surface area contributed by atoms with Crippen molar-refractivity contribution in [2.24, 2.45) is 0 Å². The number of ether oxygens (including phenoxy) is 2. The highest BCUT2D eigenvalue weighted by atomic mass is 19.3. The number of benzene rings is 2. The van der Waals surface area contributed by atoms with Crippen LogP contribution in [0.3, 0.4) is 0 Å². The Kier molecular flexibility index (Phi) is 8.88.